The van der Waals surface area contributed by atoms with Gasteiger partial charge in [0.05, 0.1) is 26.5 Å². The second-order valence-electron chi connectivity index (χ2n) is 5.71. The molecule has 0 spiro atoms. The monoisotopic (exact) mass is 364 g/mol. The molecule has 1 aliphatic rings. The number of rotatable bonds is 2. The van der Waals surface area contributed by atoms with Crippen molar-refractivity contribution in [2.45, 2.75) is 36.9 Å². The highest BCUT2D eigenvalue weighted by Gasteiger charge is 2.45. The van der Waals surface area contributed by atoms with Crippen LogP contribution in [0.15, 0.2) is 28.6 Å². The summed E-state index contributed by atoms with van der Waals surface area (Å²) >= 11 is 1.33. The first-order chi connectivity index (χ1) is 10.7. The van der Waals surface area contributed by atoms with Crippen molar-refractivity contribution in [3.05, 3.63) is 23.7 Å². The molecular formula is C14H15F3N2O2S2. The highest BCUT2D eigenvalue weighted by molar-refractivity contribution is 7.89. The van der Waals surface area contributed by atoms with Crippen molar-refractivity contribution >= 4 is 31.6 Å². The third-order valence-corrected chi connectivity index (χ3v) is 6.99. The van der Waals surface area contributed by atoms with Gasteiger partial charge in [-0.2, -0.15) is 17.5 Å². The predicted molar refractivity (Wildman–Crippen MR) is 81.8 cm³/mol. The Kier molecular flexibility index (Phi) is 4.14. The molecule has 0 aliphatic carbocycles. The van der Waals surface area contributed by atoms with Gasteiger partial charge in [-0.15, -0.1) is 11.3 Å². The minimum atomic E-state index is -4.27. The Morgan fingerprint density at radius 1 is 1.35 bits per heavy atom. The van der Waals surface area contributed by atoms with E-state index in [1.165, 1.54) is 34.7 Å². The fraction of sp³-hybridized carbons (Fsp3) is 0.500. The van der Waals surface area contributed by atoms with Gasteiger partial charge in [0, 0.05) is 12.6 Å². The molecule has 4 nitrogen and oxygen atoms in total. The Bertz CT molecular complexity index is 817. The number of piperidine rings is 1. The summed E-state index contributed by atoms with van der Waals surface area (Å²) < 4.78 is 65.9. The number of halogens is 3. The molecule has 1 saturated heterocycles. The number of hydrogen-bond donors (Lipinski definition) is 0. The molecule has 2 atom stereocenters. The summed E-state index contributed by atoms with van der Waals surface area (Å²) in [5.41, 5.74) is 2.33. The van der Waals surface area contributed by atoms with Gasteiger partial charge in [0.2, 0.25) is 10.0 Å². The van der Waals surface area contributed by atoms with Crippen LogP contribution in [0.4, 0.5) is 13.2 Å². The Morgan fingerprint density at radius 3 is 2.74 bits per heavy atom. The number of hydrogen-bond acceptors (Lipinski definition) is 4. The number of thiazole rings is 1. The van der Waals surface area contributed by atoms with Crippen molar-refractivity contribution < 1.29 is 21.6 Å². The second-order valence-corrected chi connectivity index (χ2v) is 8.49. The van der Waals surface area contributed by atoms with Gasteiger partial charge in [0.15, 0.2) is 0 Å². The molecule has 2 aromatic rings. The van der Waals surface area contributed by atoms with Gasteiger partial charge in [-0.25, -0.2) is 13.4 Å². The number of aromatic nitrogens is 1. The number of benzene rings is 1. The summed E-state index contributed by atoms with van der Waals surface area (Å²) in [6, 6.07) is 3.92. The molecule has 1 aromatic carbocycles. The molecule has 1 aliphatic heterocycles. The molecule has 0 amide bonds. The Balaban J connectivity index is 1.88. The highest BCUT2D eigenvalue weighted by atomic mass is 32.2. The van der Waals surface area contributed by atoms with Crippen LogP contribution in [-0.2, 0) is 10.0 Å². The van der Waals surface area contributed by atoms with E-state index in [2.05, 4.69) is 4.98 Å². The fourth-order valence-corrected chi connectivity index (χ4v) is 5.41. The van der Waals surface area contributed by atoms with Gasteiger partial charge in [0.25, 0.3) is 0 Å². The van der Waals surface area contributed by atoms with E-state index in [0.717, 1.165) is 4.70 Å². The van der Waals surface area contributed by atoms with Crippen molar-refractivity contribution in [1.29, 1.82) is 0 Å². The van der Waals surface area contributed by atoms with E-state index in [0.29, 0.717) is 5.52 Å². The molecular weight excluding hydrogens is 349 g/mol. The zero-order valence-electron chi connectivity index (χ0n) is 12.2. The van der Waals surface area contributed by atoms with Crippen LogP contribution >= 0.6 is 11.3 Å². The number of alkyl halides is 3. The van der Waals surface area contributed by atoms with Gasteiger partial charge in [0.1, 0.15) is 0 Å². The Morgan fingerprint density at radius 2 is 2.09 bits per heavy atom. The van der Waals surface area contributed by atoms with Crippen LogP contribution in [0.2, 0.25) is 0 Å². The van der Waals surface area contributed by atoms with E-state index in [1.54, 1.807) is 11.6 Å². The van der Waals surface area contributed by atoms with Crippen molar-refractivity contribution in [2.75, 3.05) is 6.54 Å². The zero-order chi connectivity index (χ0) is 16.8. The van der Waals surface area contributed by atoms with Gasteiger partial charge in [-0.1, -0.05) is 0 Å². The molecule has 9 heteroatoms. The normalized spacial score (nSPS) is 24.2. The van der Waals surface area contributed by atoms with Gasteiger partial charge in [-0.3, -0.25) is 0 Å². The van der Waals surface area contributed by atoms with Crippen LogP contribution in [0, 0.1) is 5.92 Å². The number of sulfonamides is 1. The van der Waals surface area contributed by atoms with E-state index in [4.69, 9.17) is 0 Å². The maximum Gasteiger partial charge on any atom is 0.391 e. The quantitative estimate of drug-likeness (QED) is 0.817. The smallest absolute Gasteiger partial charge is 0.245 e. The average molecular weight is 364 g/mol. The third-order valence-electron chi connectivity index (χ3n) is 4.19. The van der Waals surface area contributed by atoms with Gasteiger partial charge < -0.3 is 0 Å². The molecule has 2 heterocycles. The van der Waals surface area contributed by atoms with E-state index in [9.17, 15) is 21.6 Å². The Labute approximate surface area is 136 Å². The summed E-state index contributed by atoms with van der Waals surface area (Å²) in [4.78, 5) is 4.19. The largest absolute Gasteiger partial charge is 0.391 e. The van der Waals surface area contributed by atoms with E-state index >= 15 is 0 Å². The fourth-order valence-electron chi connectivity index (χ4n) is 2.94. The molecule has 1 aromatic heterocycles. The Hall–Kier alpha value is -1.19. The van der Waals surface area contributed by atoms with Crippen LogP contribution in [0.25, 0.3) is 10.2 Å². The summed E-state index contributed by atoms with van der Waals surface area (Å²) in [5.74, 6) is -1.44. The van der Waals surface area contributed by atoms with Crippen LogP contribution in [0.5, 0.6) is 0 Å². The maximum atomic E-state index is 12.8. The summed E-state index contributed by atoms with van der Waals surface area (Å²) in [7, 11) is -3.80. The second kappa shape index (κ2) is 5.71. The molecule has 0 radical (unpaired) electrons. The maximum absolute atomic E-state index is 12.8. The topological polar surface area (TPSA) is 50.3 Å². The lowest BCUT2D eigenvalue weighted by Crippen LogP contribution is -2.47. The number of fused-ring (bicyclic) bond motifs is 1. The first-order valence-electron chi connectivity index (χ1n) is 7.11. The average Bonchev–Trinajstić information content (AvgIpc) is 2.93. The van der Waals surface area contributed by atoms with E-state index in [-0.39, 0.29) is 24.3 Å². The first kappa shape index (κ1) is 16.7. The van der Waals surface area contributed by atoms with Crippen LogP contribution in [-0.4, -0.2) is 36.5 Å². The molecule has 126 valence electrons. The highest BCUT2D eigenvalue weighted by Crippen LogP contribution is 2.38. The van der Waals surface area contributed by atoms with Crippen molar-refractivity contribution in [3.63, 3.8) is 0 Å². The molecule has 0 saturated carbocycles. The molecule has 0 bridgehead atoms. The summed E-state index contributed by atoms with van der Waals surface area (Å²) in [6.45, 7) is 1.41. The van der Waals surface area contributed by atoms with Gasteiger partial charge >= 0.3 is 6.18 Å². The van der Waals surface area contributed by atoms with Crippen LogP contribution in [0.3, 0.4) is 0 Å². The predicted octanol–water partition coefficient (Wildman–Crippen LogP) is 3.65. The lowest BCUT2D eigenvalue weighted by molar-refractivity contribution is -0.186. The lowest BCUT2D eigenvalue weighted by atomic mass is 9.93. The lowest BCUT2D eigenvalue weighted by Gasteiger charge is -2.37. The summed E-state index contributed by atoms with van der Waals surface area (Å²) in [6.07, 6.45) is -4.67. The molecule has 0 N–H and O–H groups in total. The van der Waals surface area contributed by atoms with E-state index < -0.39 is 28.2 Å². The molecule has 1 fully saturated rings. The van der Waals surface area contributed by atoms with Crippen LogP contribution in [0.1, 0.15) is 19.8 Å². The molecule has 23 heavy (non-hydrogen) atoms. The van der Waals surface area contributed by atoms with Crippen molar-refractivity contribution in [3.8, 4) is 0 Å². The first-order valence-corrected chi connectivity index (χ1v) is 9.43. The van der Waals surface area contributed by atoms with E-state index in [1.807, 2.05) is 0 Å². The number of nitrogens with zero attached hydrogens (tertiary/aromatic N) is 2. The minimum Gasteiger partial charge on any atom is -0.245 e. The summed E-state index contributed by atoms with van der Waals surface area (Å²) in [5, 5.41) is 0. The molecule has 2 unspecified atom stereocenters. The third kappa shape index (κ3) is 3.09. The zero-order valence-corrected chi connectivity index (χ0v) is 13.9. The standard InChI is InChI=1S/C14H15F3N2O2S2/c1-9-6-10(14(15,16)17)4-5-19(9)23(20,21)11-2-3-12-13(7-11)22-8-18-12/h2-3,7-10H,4-6H2,1H3. The molecule has 3 rings (SSSR count). The SMILES string of the molecule is CC1CC(C(F)(F)F)CCN1S(=O)(=O)c1ccc2ncsc2c1. The van der Waals surface area contributed by atoms with Gasteiger partial charge in [-0.05, 0) is 38.0 Å². The van der Waals surface area contributed by atoms with Crippen LogP contribution < -0.4 is 0 Å². The minimum absolute atomic E-state index is 0.103. The van der Waals surface area contributed by atoms with Crippen molar-refractivity contribution in [2.24, 2.45) is 5.92 Å². The van der Waals surface area contributed by atoms with Crippen molar-refractivity contribution in [1.82, 2.24) is 9.29 Å².